The lowest BCUT2D eigenvalue weighted by atomic mass is 10.1. The molecule has 160 valence electrons. The quantitative estimate of drug-likeness (QED) is 0.650. The number of halogens is 1. The molecule has 3 aromatic rings. The van der Waals surface area contributed by atoms with Crippen LogP contribution in [0.3, 0.4) is 0 Å². The summed E-state index contributed by atoms with van der Waals surface area (Å²) in [5, 5.41) is 6.82. The molecule has 0 spiro atoms. The predicted molar refractivity (Wildman–Crippen MR) is 111 cm³/mol. The van der Waals surface area contributed by atoms with E-state index in [4.69, 9.17) is 0 Å². The Hall–Kier alpha value is -3.75. The molecule has 4 rings (SSSR count). The van der Waals surface area contributed by atoms with Gasteiger partial charge in [0.1, 0.15) is 12.4 Å². The van der Waals surface area contributed by atoms with E-state index in [0.717, 1.165) is 15.8 Å². The highest BCUT2D eigenvalue weighted by Crippen LogP contribution is 2.15. The number of carbonyl (C=O) groups excluding carboxylic acids is 2. The zero-order chi connectivity index (χ0) is 22.0. The molecule has 0 atom stereocenters. The largest absolute Gasteiger partial charge is 0.350 e. The number of carbonyl (C=O) groups is 2. The first-order chi connectivity index (χ1) is 14.9. The normalized spacial score (nSPS) is 13.2. The number of aryl methyl sites for hydroxylation is 1. The van der Waals surface area contributed by atoms with Gasteiger partial charge in [0.15, 0.2) is 0 Å². The number of nitrogens with zero attached hydrogens (tertiary/aromatic N) is 4. The zero-order valence-corrected chi connectivity index (χ0v) is 17.0. The third-order valence-electron chi connectivity index (χ3n) is 5.22. The Bertz CT molecular complexity index is 1180. The Morgan fingerprint density at radius 3 is 2.58 bits per heavy atom. The van der Waals surface area contributed by atoms with E-state index in [1.54, 1.807) is 18.2 Å². The van der Waals surface area contributed by atoms with Gasteiger partial charge >= 0.3 is 5.69 Å². The van der Waals surface area contributed by atoms with Gasteiger partial charge in [-0.2, -0.15) is 0 Å². The summed E-state index contributed by atoms with van der Waals surface area (Å²) >= 11 is 0. The zero-order valence-electron chi connectivity index (χ0n) is 17.0. The summed E-state index contributed by atoms with van der Waals surface area (Å²) in [4.78, 5) is 39.1. The molecule has 2 aromatic carbocycles. The van der Waals surface area contributed by atoms with Gasteiger partial charge in [0.2, 0.25) is 11.7 Å². The molecule has 1 aliphatic heterocycles. The first kappa shape index (κ1) is 20.5. The average Bonchev–Trinajstić information content (AvgIpc) is 3.07. The van der Waals surface area contributed by atoms with E-state index in [1.165, 1.54) is 15.5 Å². The highest BCUT2D eigenvalue weighted by atomic mass is 19.1. The minimum atomic E-state index is -0.514. The second-order valence-electron chi connectivity index (χ2n) is 7.50. The summed E-state index contributed by atoms with van der Waals surface area (Å²) in [6.07, 6.45) is 0. The molecule has 0 saturated carbocycles. The number of amides is 2. The van der Waals surface area contributed by atoms with E-state index in [2.05, 4.69) is 10.4 Å². The van der Waals surface area contributed by atoms with Crippen LogP contribution in [-0.2, 0) is 31.0 Å². The van der Waals surface area contributed by atoms with Gasteiger partial charge in [0.05, 0.1) is 0 Å². The molecule has 2 heterocycles. The highest BCUT2D eigenvalue weighted by molar-refractivity contribution is 5.91. The Kier molecular flexibility index (Phi) is 5.66. The smallest absolute Gasteiger partial charge is 0.346 e. The van der Waals surface area contributed by atoms with Gasteiger partial charge < -0.3 is 10.2 Å². The SMILES string of the molecule is Cc1ccc(CNC(=O)Cn2nc3n(c2=O)CCN(Cc2ccccc2F)C3=O)cc1. The van der Waals surface area contributed by atoms with Crippen LogP contribution in [0.15, 0.2) is 53.3 Å². The van der Waals surface area contributed by atoms with Gasteiger partial charge in [-0.15, -0.1) is 5.10 Å². The summed E-state index contributed by atoms with van der Waals surface area (Å²) in [5.41, 5.74) is 1.94. The molecule has 1 N–H and O–H groups in total. The fraction of sp³-hybridized carbons (Fsp3) is 0.273. The van der Waals surface area contributed by atoms with Crippen LogP contribution in [0.4, 0.5) is 4.39 Å². The predicted octanol–water partition coefficient (Wildman–Crippen LogP) is 1.46. The van der Waals surface area contributed by atoms with Gasteiger partial charge in [0.25, 0.3) is 5.91 Å². The van der Waals surface area contributed by atoms with Crippen molar-refractivity contribution in [2.24, 2.45) is 0 Å². The molecular formula is C22H22FN5O3. The summed E-state index contributed by atoms with van der Waals surface area (Å²) < 4.78 is 16.2. The molecule has 1 aromatic heterocycles. The number of nitrogens with one attached hydrogen (secondary N) is 1. The second-order valence-corrected chi connectivity index (χ2v) is 7.50. The number of hydrogen-bond donors (Lipinski definition) is 1. The van der Waals surface area contributed by atoms with Crippen molar-refractivity contribution in [3.63, 3.8) is 0 Å². The van der Waals surface area contributed by atoms with Crippen LogP contribution in [0.2, 0.25) is 0 Å². The van der Waals surface area contributed by atoms with E-state index < -0.39 is 17.4 Å². The van der Waals surface area contributed by atoms with E-state index >= 15 is 0 Å². The number of fused-ring (bicyclic) bond motifs is 1. The van der Waals surface area contributed by atoms with Gasteiger partial charge in [0, 0.05) is 31.7 Å². The van der Waals surface area contributed by atoms with Crippen molar-refractivity contribution >= 4 is 11.8 Å². The van der Waals surface area contributed by atoms with Crippen LogP contribution >= 0.6 is 0 Å². The minimum absolute atomic E-state index is 0.0427. The fourth-order valence-electron chi connectivity index (χ4n) is 3.45. The molecule has 8 nitrogen and oxygen atoms in total. The van der Waals surface area contributed by atoms with E-state index in [9.17, 15) is 18.8 Å². The molecule has 0 fully saturated rings. The van der Waals surface area contributed by atoms with Crippen molar-refractivity contribution in [1.82, 2.24) is 24.6 Å². The molecule has 2 amide bonds. The van der Waals surface area contributed by atoms with Crippen molar-refractivity contribution in [3.8, 4) is 0 Å². The van der Waals surface area contributed by atoms with Crippen LogP contribution in [0.5, 0.6) is 0 Å². The maximum Gasteiger partial charge on any atom is 0.346 e. The topological polar surface area (TPSA) is 89.2 Å². The van der Waals surface area contributed by atoms with E-state index in [0.29, 0.717) is 12.1 Å². The van der Waals surface area contributed by atoms with E-state index in [1.807, 2.05) is 31.2 Å². The second kappa shape index (κ2) is 8.55. The van der Waals surface area contributed by atoms with E-state index in [-0.39, 0.29) is 37.9 Å². The van der Waals surface area contributed by atoms with Gasteiger partial charge in [-0.25, -0.2) is 13.9 Å². The van der Waals surface area contributed by atoms with Crippen molar-refractivity contribution in [3.05, 3.63) is 87.3 Å². The molecule has 1 aliphatic rings. The Labute approximate surface area is 177 Å². The molecule has 0 saturated heterocycles. The molecule has 0 bridgehead atoms. The molecule has 0 radical (unpaired) electrons. The summed E-state index contributed by atoms with van der Waals surface area (Å²) in [5.74, 6) is -1.29. The Morgan fingerprint density at radius 1 is 1.10 bits per heavy atom. The average molecular weight is 423 g/mol. The third-order valence-corrected chi connectivity index (χ3v) is 5.22. The number of hydrogen-bond acceptors (Lipinski definition) is 4. The maximum atomic E-state index is 13.9. The highest BCUT2D eigenvalue weighted by Gasteiger charge is 2.30. The van der Waals surface area contributed by atoms with Gasteiger partial charge in [-0.05, 0) is 18.6 Å². The molecule has 0 aliphatic carbocycles. The molecule has 31 heavy (non-hydrogen) atoms. The molecule has 0 unspecified atom stereocenters. The minimum Gasteiger partial charge on any atom is -0.350 e. The standard InChI is InChI=1S/C22H22FN5O3/c1-15-6-8-16(9-7-15)12-24-19(29)14-28-22(31)27-11-10-26(21(30)20(27)25-28)13-17-4-2-3-5-18(17)23/h2-9H,10-14H2,1H3,(H,24,29). The van der Waals surface area contributed by atoms with Crippen molar-refractivity contribution < 1.29 is 14.0 Å². The van der Waals surface area contributed by atoms with Crippen LogP contribution in [0.1, 0.15) is 27.3 Å². The third kappa shape index (κ3) is 4.40. The maximum absolute atomic E-state index is 13.9. The number of aromatic nitrogens is 3. The summed E-state index contributed by atoms with van der Waals surface area (Å²) in [7, 11) is 0. The Balaban J connectivity index is 1.43. The monoisotopic (exact) mass is 423 g/mol. The van der Waals surface area contributed by atoms with Crippen molar-refractivity contribution in [2.75, 3.05) is 6.54 Å². The first-order valence-corrected chi connectivity index (χ1v) is 9.95. The van der Waals surface area contributed by atoms with Gasteiger partial charge in [-0.1, -0.05) is 48.0 Å². The van der Waals surface area contributed by atoms with Crippen LogP contribution in [0.25, 0.3) is 0 Å². The number of benzene rings is 2. The lowest BCUT2D eigenvalue weighted by Gasteiger charge is -2.26. The van der Waals surface area contributed by atoms with Gasteiger partial charge in [-0.3, -0.25) is 14.2 Å². The van der Waals surface area contributed by atoms with Crippen LogP contribution in [-0.4, -0.2) is 37.6 Å². The lowest BCUT2D eigenvalue weighted by Crippen LogP contribution is -2.42. The van der Waals surface area contributed by atoms with Crippen LogP contribution < -0.4 is 11.0 Å². The lowest BCUT2D eigenvalue weighted by molar-refractivity contribution is -0.122. The molecular weight excluding hydrogens is 401 g/mol. The Morgan fingerprint density at radius 2 is 1.84 bits per heavy atom. The van der Waals surface area contributed by atoms with Crippen LogP contribution in [0, 0.1) is 12.7 Å². The first-order valence-electron chi connectivity index (χ1n) is 9.95. The summed E-state index contributed by atoms with van der Waals surface area (Å²) in [6.45, 7) is 2.60. The summed E-state index contributed by atoms with van der Waals surface area (Å²) in [6, 6.07) is 14.0. The fourth-order valence-corrected chi connectivity index (χ4v) is 3.45. The molecule has 9 heteroatoms. The number of rotatable bonds is 6. The van der Waals surface area contributed by atoms with Crippen molar-refractivity contribution in [1.29, 1.82) is 0 Å². The van der Waals surface area contributed by atoms with Crippen molar-refractivity contribution in [2.45, 2.75) is 33.1 Å².